The minimum absolute atomic E-state index is 0.0178. The van der Waals surface area contributed by atoms with Gasteiger partial charge in [0.25, 0.3) is 0 Å². The van der Waals surface area contributed by atoms with Crippen LogP contribution in [0, 0.1) is 0 Å². The minimum Gasteiger partial charge on any atom is -0.480 e. The number of H-pyrrole nitrogens is 1. The van der Waals surface area contributed by atoms with E-state index in [-0.39, 0.29) is 25.7 Å². The van der Waals surface area contributed by atoms with E-state index in [9.17, 15) is 29.1 Å². The molecule has 13 nitrogen and oxygen atoms in total. The molecule has 14 heteroatoms. The fourth-order valence-electron chi connectivity index (χ4n) is 4.24. The number of carboxylic acids is 1. The third-order valence-corrected chi connectivity index (χ3v) is 7.22. The Morgan fingerprint density at radius 2 is 1.56 bits per heavy atom. The zero-order valence-corrected chi connectivity index (χ0v) is 24.0. The highest BCUT2D eigenvalue weighted by molar-refractivity contribution is 7.98. The van der Waals surface area contributed by atoms with Gasteiger partial charge in [-0.15, -0.1) is 0 Å². The molecule has 41 heavy (non-hydrogen) atoms. The molecule has 0 bridgehead atoms. The van der Waals surface area contributed by atoms with Crippen molar-refractivity contribution in [3.8, 4) is 0 Å². The van der Waals surface area contributed by atoms with Gasteiger partial charge in [0.05, 0.1) is 6.04 Å². The van der Waals surface area contributed by atoms with Crippen LogP contribution in [-0.2, 0) is 30.4 Å². The van der Waals surface area contributed by atoms with Crippen molar-refractivity contribution in [2.75, 3.05) is 18.6 Å². The van der Waals surface area contributed by atoms with Gasteiger partial charge in [-0.05, 0) is 55.9 Å². The summed E-state index contributed by atoms with van der Waals surface area (Å²) in [5.41, 5.74) is 18.3. The molecule has 1 aromatic carbocycles. The monoisotopic (exact) mass is 591 g/mol. The quantitative estimate of drug-likeness (QED) is 0.100. The molecule has 0 aliphatic rings. The molecule has 2 rings (SSSR count). The lowest BCUT2D eigenvalue weighted by Crippen LogP contribution is -2.57. The summed E-state index contributed by atoms with van der Waals surface area (Å²) >= 11 is 1.47. The number of para-hydroxylation sites is 1. The zero-order valence-electron chi connectivity index (χ0n) is 23.2. The maximum absolute atomic E-state index is 13.2. The number of aromatic nitrogens is 1. The number of carboxylic acid groups (broad SMARTS) is 1. The zero-order chi connectivity index (χ0) is 30.4. The van der Waals surface area contributed by atoms with Gasteiger partial charge in [-0.2, -0.15) is 11.8 Å². The molecule has 226 valence electrons. The van der Waals surface area contributed by atoms with Crippen LogP contribution in [0.1, 0.15) is 44.1 Å². The van der Waals surface area contributed by atoms with E-state index in [1.54, 1.807) is 6.20 Å². The van der Waals surface area contributed by atoms with Gasteiger partial charge in [-0.3, -0.25) is 19.2 Å². The predicted molar refractivity (Wildman–Crippen MR) is 158 cm³/mol. The van der Waals surface area contributed by atoms with Crippen LogP contribution in [0.15, 0.2) is 30.5 Å². The average Bonchev–Trinajstić information content (AvgIpc) is 3.35. The summed E-state index contributed by atoms with van der Waals surface area (Å²) in [7, 11) is 0. The number of nitrogens with one attached hydrogen (secondary N) is 4. The van der Waals surface area contributed by atoms with Crippen molar-refractivity contribution in [1.29, 1.82) is 0 Å². The van der Waals surface area contributed by atoms with E-state index < -0.39 is 53.8 Å². The Morgan fingerprint density at radius 1 is 0.927 bits per heavy atom. The third-order valence-electron chi connectivity index (χ3n) is 6.58. The molecule has 0 aliphatic heterocycles. The highest BCUT2D eigenvalue weighted by Crippen LogP contribution is 2.19. The number of primary amides is 1. The first-order valence-corrected chi connectivity index (χ1v) is 14.9. The van der Waals surface area contributed by atoms with Crippen molar-refractivity contribution in [2.45, 2.75) is 69.1 Å². The molecular weight excluding hydrogens is 550 g/mol. The van der Waals surface area contributed by atoms with Crippen molar-refractivity contribution in [2.24, 2.45) is 17.2 Å². The molecule has 0 spiro atoms. The largest absolute Gasteiger partial charge is 0.480 e. The molecule has 4 unspecified atom stereocenters. The highest BCUT2D eigenvalue weighted by atomic mass is 32.2. The molecule has 1 heterocycles. The second kappa shape index (κ2) is 17.3. The Balaban J connectivity index is 2.16. The average molecular weight is 592 g/mol. The Kier molecular flexibility index (Phi) is 14.1. The maximum Gasteiger partial charge on any atom is 0.326 e. The maximum atomic E-state index is 13.2. The molecular formula is C27H41N7O6S. The molecule has 2 aromatic rings. The number of hydrogen-bond donors (Lipinski definition) is 8. The summed E-state index contributed by atoms with van der Waals surface area (Å²) in [5, 5.41) is 18.4. The van der Waals surface area contributed by atoms with E-state index in [0.717, 1.165) is 10.9 Å². The lowest BCUT2D eigenvalue weighted by atomic mass is 10.0. The molecule has 11 N–H and O–H groups in total. The molecule has 0 fully saturated rings. The van der Waals surface area contributed by atoms with Crippen molar-refractivity contribution >= 4 is 52.3 Å². The lowest BCUT2D eigenvalue weighted by molar-refractivity contribution is -0.142. The topological polar surface area (TPSA) is 236 Å². The minimum atomic E-state index is -1.31. The van der Waals surface area contributed by atoms with Crippen molar-refractivity contribution in [3.63, 3.8) is 0 Å². The molecule has 0 radical (unpaired) electrons. The number of benzene rings is 1. The molecule has 0 saturated heterocycles. The Bertz CT molecular complexity index is 1190. The van der Waals surface area contributed by atoms with Crippen LogP contribution in [-0.4, -0.2) is 82.4 Å². The number of carbonyl (C=O) groups excluding carboxylic acids is 4. The lowest BCUT2D eigenvalue weighted by Gasteiger charge is -2.25. The van der Waals surface area contributed by atoms with Gasteiger partial charge in [-0.25, -0.2) is 4.79 Å². The van der Waals surface area contributed by atoms with Gasteiger partial charge in [-0.1, -0.05) is 24.6 Å². The van der Waals surface area contributed by atoms with E-state index in [1.807, 2.05) is 30.5 Å². The van der Waals surface area contributed by atoms with Gasteiger partial charge < -0.3 is 43.2 Å². The molecule has 4 amide bonds. The first-order chi connectivity index (χ1) is 19.6. The number of unbranched alkanes of at least 4 members (excludes halogenated alkanes) is 1. The van der Waals surface area contributed by atoms with E-state index in [2.05, 4.69) is 20.9 Å². The van der Waals surface area contributed by atoms with E-state index >= 15 is 0 Å². The smallest absolute Gasteiger partial charge is 0.326 e. The Morgan fingerprint density at radius 3 is 2.20 bits per heavy atom. The number of nitrogens with two attached hydrogens (primary N) is 3. The van der Waals surface area contributed by atoms with Gasteiger partial charge in [0, 0.05) is 29.9 Å². The fourth-order valence-corrected chi connectivity index (χ4v) is 4.71. The second-order valence-corrected chi connectivity index (χ2v) is 10.7. The van der Waals surface area contributed by atoms with Crippen molar-refractivity contribution < 1.29 is 29.1 Å². The fraction of sp³-hybridized carbons (Fsp3) is 0.519. The molecule has 0 aliphatic carbocycles. The Labute approximate surface area is 243 Å². The van der Waals surface area contributed by atoms with Crippen LogP contribution in [0.5, 0.6) is 0 Å². The summed E-state index contributed by atoms with van der Waals surface area (Å²) in [4.78, 5) is 65.7. The Hall–Kier alpha value is -3.62. The molecule has 0 saturated carbocycles. The van der Waals surface area contributed by atoms with Gasteiger partial charge >= 0.3 is 5.97 Å². The standard InChI is InChI=1S/C27H41N7O6S/c1-41-13-11-21(32-24(36)18(29)7-4-5-12-28)26(38)33-20(9-10-23(30)35)25(37)34-22(27(39)40)14-16-15-31-19-8-3-2-6-17(16)19/h2-3,6,8,15,18,20-22,31H,4-5,7,9-14,28-29H2,1H3,(H2,30,35)(H,32,36)(H,33,38)(H,34,37)(H,39,40). The van der Waals surface area contributed by atoms with E-state index in [4.69, 9.17) is 17.2 Å². The second-order valence-electron chi connectivity index (χ2n) is 9.76. The van der Waals surface area contributed by atoms with Crippen LogP contribution in [0.2, 0.25) is 0 Å². The summed E-state index contributed by atoms with van der Waals surface area (Å²) in [6, 6.07) is 2.94. The van der Waals surface area contributed by atoms with Gasteiger partial charge in [0.1, 0.15) is 18.1 Å². The number of aliphatic carboxylic acids is 1. The van der Waals surface area contributed by atoms with Crippen molar-refractivity contribution in [1.82, 2.24) is 20.9 Å². The van der Waals surface area contributed by atoms with Crippen LogP contribution < -0.4 is 33.2 Å². The van der Waals surface area contributed by atoms with Gasteiger partial charge in [0.15, 0.2) is 0 Å². The SMILES string of the molecule is CSCCC(NC(=O)C(N)CCCCN)C(=O)NC(CCC(N)=O)C(=O)NC(Cc1c[nH]c2ccccc12)C(=O)O. The van der Waals surface area contributed by atoms with E-state index in [1.165, 1.54) is 11.8 Å². The van der Waals surface area contributed by atoms with Crippen LogP contribution >= 0.6 is 11.8 Å². The highest BCUT2D eigenvalue weighted by Gasteiger charge is 2.30. The summed E-state index contributed by atoms with van der Waals surface area (Å²) < 4.78 is 0. The van der Waals surface area contributed by atoms with Crippen LogP contribution in [0.4, 0.5) is 0 Å². The summed E-state index contributed by atoms with van der Waals surface area (Å²) in [6.45, 7) is 0.479. The van der Waals surface area contributed by atoms with Crippen LogP contribution in [0.25, 0.3) is 10.9 Å². The number of fused-ring (bicyclic) bond motifs is 1. The number of rotatable bonds is 19. The van der Waals surface area contributed by atoms with Crippen LogP contribution in [0.3, 0.4) is 0 Å². The number of hydrogen-bond acceptors (Lipinski definition) is 8. The summed E-state index contributed by atoms with van der Waals surface area (Å²) in [5.74, 6) is -3.38. The van der Waals surface area contributed by atoms with E-state index in [0.29, 0.717) is 37.1 Å². The molecule has 4 atom stereocenters. The number of aromatic amines is 1. The van der Waals surface area contributed by atoms with Gasteiger partial charge in [0.2, 0.25) is 23.6 Å². The third kappa shape index (κ3) is 11.1. The first kappa shape index (κ1) is 33.6. The number of thioether (sulfide) groups is 1. The normalized spacial score (nSPS) is 14.0. The number of amides is 4. The number of carbonyl (C=O) groups is 5. The molecule has 1 aromatic heterocycles. The first-order valence-electron chi connectivity index (χ1n) is 13.5. The predicted octanol–water partition coefficient (Wildman–Crippen LogP) is -0.276. The van der Waals surface area contributed by atoms with Crippen molar-refractivity contribution in [3.05, 3.63) is 36.0 Å². The summed E-state index contributed by atoms with van der Waals surface area (Å²) in [6.07, 6.45) is 5.15.